The molecule has 1 fully saturated rings. The summed E-state index contributed by atoms with van der Waals surface area (Å²) in [5.74, 6) is 0. The molecule has 1 atom stereocenters. The van der Waals surface area contributed by atoms with Crippen LogP contribution in [0.25, 0.3) is 0 Å². The van der Waals surface area contributed by atoms with Crippen molar-refractivity contribution < 1.29 is 13.2 Å². The first kappa shape index (κ1) is 15.3. The molecule has 2 N–H and O–H groups in total. The van der Waals surface area contributed by atoms with Crippen molar-refractivity contribution in [2.45, 2.75) is 38.1 Å². The molecule has 1 heterocycles. The van der Waals surface area contributed by atoms with Gasteiger partial charge in [0.15, 0.2) is 0 Å². The van der Waals surface area contributed by atoms with Gasteiger partial charge in [-0.2, -0.15) is 4.31 Å². The first-order chi connectivity index (χ1) is 9.39. The van der Waals surface area contributed by atoms with Crippen LogP contribution in [0.1, 0.15) is 24.5 Å². The summed E-state index contributed by atoms with van der Waals surface area (Å²) in [5, 5.41) is 0. The Morgan fingerprint density at radius 2 is 2.10 bits per heavy atom. The number of hydrogen-bond acceptors (Lipinski definition) is 4. The van der Waals surface area contributed by atoms with Crippen LogP contribution in [0, 0.1) is 13.8 Å². The fraction of sp³-hybridized carbons (Fsp3) is 0.571. The molecule has 112 valence electrons. The number of nitrogen functional groups attached to an aromatic ring is 1. The van der Waals surface area contributed by atoms with Crippen molar-refractivity contribution >= 4 is 15.7 Å². The van der Waals surface area contributed by atoms with Crippen molar-refractivity contribution in [1.29, 1.82) is 0 Å². The lowest BCUT2D eigenvalue weighted by molar-refractivity contribution is 0.0314. The molecule has 1 saturated heterocycles. The Hall–Kier alpha value is -1.11. The van der Waals surface area contributed by atoms with Crippen LogP contribution in [0.5, 0.6) is 0 Å². The largest absolute Gasteiger partial charge is 0.398 e. The standard InChI is InChI=1S/C14H22N2O3S/c1-4-12-9-19-8-7-16(12)20(17,18)14-11(3)10(2)5-6-13(14)15/h5-6,12H,4,7-9,15H2,1-3H3. The predicted octanol–water partition coefficient (Wildman–Crippen LogP) is 1.69. The molecule has 1 unspecified atom stereocenters. The molecule has 0 radical (unpaired) electrons. The highest BCUT2D eigenvalue weighted by atomic mass is 32.2. The Morgan fingerprint density at radius 1 is 1.40 bits per heavy atom. The molecular formula is C14H22N2O3S. The molecule has 0 spiro atoms. The minimum Gasteiger partial charge on any atom is -0.398 e. The molecule has 0 aliphatic carbocycles. The minimum atomic E-state index is -3.58. The number of benzene rings is 1. The molecule has 0 saturated carbocycles. The summed E-state index contributed by atoms with van der Waals surface area (Å²) in [7, 11) is -3.58. The molecule has 20 heavy (non-hydrogen) atoms. The van der Waals surface area contributed by atoms with E-state index in [9.17, 15) is 8.42 Å². The summed E-state index contributed by atoms with van der Waals surface area (Å²) in [5.41, 5.74) is 7.90. The van der Waals surface area contributed by atoms with Gasteiger partial charge in [-0.25, -0.2) is 8.42 Å². The fourth-order valence-electron chi connectivity index (χ4n) is 2.55. The molecule has 0 amide bonds. The topological polar surface area (TPSA) is 72.6 Å². The van der Waals surface area contributed by atoms with E-state index >= 15 is 0 Å². The molecule has 2 rings (SSSR count). The van der Waals surface area contributed by atoms with Crippen LogP contribution in [-0.4, -0.2) is 38.5 Å². The monoisotopic (exact) mass is 298 g/mol. The second kappa shape index (κ2) is 5.71. The van der Waals surface area contributed by atoms with Gasteiger partial charge >= 0.3 is 0 Å². The maximum Gasteiger partial charge on any atom is 0.245 e. The van der Waals surface area contributed by atoms with Gasteiger partial charge in [0.25, 0.3) is 0 Å². The van der Waals surface area contributed by atoms with Crippen LogP contribution in [0.15, 0.2) is 17.0 Å². The number of rotatable bonds is 3. The fourth-order valence-corrected chi connectivity index (χ4v) is 4.61. The van der Waals surface area contributed by atoms with Gasteiger partial charge in [0.1, 0.15) is 4.90 Å². The molecule has 1 aromatic carbocycles. The van der Waals surface area contributed by atoms with Gasteiger partial charge in [0.05, 0.1) is 18.9 Å². The third-order valence-corrected chi connectivity index (χ3v) is 6.07. The summed E-state index contributed by atoms with van der Waals surface area (Å²) < 4.78 is 32.8. The predicted molar refractivity (Wildman–Crippen MR) is 79.1 cm³/mol. The summed E-state index contributed by atoms with van der Waals surface area (Å²) in [6.07, 6.45) is 0.726. The number of aryl methyl sites for hydroxylation is 1. The number of ether oxygens (including phenoxy) is 1. The summed E-state index contributed by atoms with van der Waals surface area (Å²) in [4.78, 5) is 0.248. The molecule has 0 aromatic heterocycles. The Labute approximate surface area is 120 Å². The summed E-state index contributed by atoms with van der Waals surface area (Å²) >= 11 is 0. The molecule has 1 aliphatic heterocycles. The molecule has 1 aromatic rings. The second-order valence-electron chi connectivity index (χ2n) is 5.18. The number of hydrogen-bond donors (Lipinski definition) is 1. The van der Waals surface area contributed by atoms with Crippen molar-refractivity contribution in [3.8, 4) is 0 Å². The van der Waals surface area contributed by atoms with Crippen LogP contribution >= 0.6 is 0 Å². The number of morpholine rings is 1. The van der Waals surface area contributed by atoms with Gasteiger partial charge in [-0.1, -0.05) is 13.0 Å². The second-order valence-corrected chi connectivity index (χ2v) is 7.01. The van der Waals surface area contributed by atoms with Crippen LogP contribution in [0.4, 0.5) is 5.69 Å². The summed E-state index contributed by atoms with van der Waals surface area (Å²) in [6, 6.07) is 3.39. The molecule has 6 heteroatoms. The van der Waals surface area contributed by atoms with Crippen LogP contribution in [0.3, 0.4) is 0 Å². The van der Waals surface area contributed by atoms with E-state index < -0.39 is 10.0 Å². The SMILES string of the molecule is CCC1COCCN1S(=O)(=O)c1c(N)ccc(C)c1C. The zero-order valence-corrected chi connectivity index (χ0v) is 13.0. The average Bonchev–Trinajstić information content (AvgIpc) is 2.43. The van der Waals surface area contributed by atoms with E-state index in [4.69, 9.17) is 10.5 Å². The Bertz CT molecular complexity index is 599. The minimum absolute atomic E-state index is 0.118. The lowest BCUT2D eigenvalue weighted by Crippen LogP contribution is -2.48. The first-order valence-corrected chi connectivity index (χ1v) is 8.28. The van der Waals surface area contributed by atoms with E-state index in [1.807, 2.05) is 19.9 Å². The third kappa shape index (κ3) is 2.55. The smallest absolute Gasteiger partial charge is 0.245 e. The number of anilines is 1. The summed E-state index contributed by atoms with van der Waals surface area (Å²) in [6.45, 7) is 6.92. The number of nitrogens with zero attached hydrogens (tertiary/aromatic N) is 1. The van der Waals surface area contributed by atoms with E-state index in [0.29, 0.717) is 25.4 Å². The Balaban J connectivity index is 2.52. The normalized spacial score (nSPS) is 21.1. The molecule has 0 bridgehead atoms. The Kier molecular flexibility index (Phi) is 4.36. The highest BCUT2D eigenvalue weighted by Gasteiger charge is 2.35. The lowest BCUT2D eigenvalue weighted by Gasteiger charge is -2.34. The van der Waals surface area contributed by atoms with E-state index in [0.717, 1.165) is 17.5 Å². The Morgan fingerprint density at radius 3 is 2.75 bits per heavy atom. The number of sulfonamides is 1. The first-order valence-electron chi connectivity index (χ1n) is 6.84. The highest BCUT2D eigenvalue weighted by Crippen LogP contribution is 2.30. The average molecular weight is 298 g/mol. The van der Waals surface area contributed by atoms with Gasteiger partial charge in [-0.05, 0) is 37.5 Å². The van der Waals surface area contributed by atoms with Crippen molar-refractivity contribution in [3.05, 3.63) is 23.3 Å². The van der Waals surface area contributed by atoms with Gasteiger partial charge in [-0.3, -0.25) is 0 Å². The lowest BCUT2D eigenvalue weighted by atomic mass is 10.1. The van der Waals surface area contributed by atoms with Gasteiger partial charge in [-0.15, -0.1) is 0 Å². The maximum atomic E-state index is 12.9. The quantitative estimate of drug-likeness (QED) is 0.862. The van der Waals surface area contributed by atoms with Crippen LogP contribution < -0.4 is 5.73 Å². The van der Waals surface area contributed by atoms with Crippen molar-refractivity contribution in [2.24, 2.45) is 0 Å². The number of nitrogens with two attached hydrogens (primary N) is 1. The van der Waals surface area contributed by atoms with Crippen molar-refractivity contribution in [1.82, 2.24) is 4.31 Å². The van der Waals surface area contributed by atoms with E-state index in [1.54, 1.807) is 13.0 Å². The van der Waals surface area contributed by atoms with E-state index in [1.165, 1.54) is 4.31 Å². The molecular weight excluding hydrogens is 276 g/mol. The molecule has 5 nitrogen and oxygen atoms in total. The van der Waals surface area contributed by atoms with Crippen molar-refractivity contribution in [2.75, 3.05) is 25.5 Å². The van der Waals surface area contributed by atoms with E-state index in [-0.39, 0.29) is 10.9 Å². The van der Waals surface area contributed by atoms with Crippen molar-refractivity contribution in [3.63, 3.8) is 0 Å². The van der Waals surface area contributed by atoms with Crippen LogP contribution in [-0.2, 0) is 14.8 Å². The zero-order chi connectivity index (χ0) is 14.9. The highest BCUT2D eigenvalue weighted by molar-refractivity contribution is 7.89. The van der Waals surface area contributed by atoms with E-state index in [2.05, 4.69) is 0 Å². The third-order valence-electron chi connectivity index (χ3n) is 3.92. The van der Waals surface area contributed by atoms with Gasteiger partial charge < -0.3 is 10.5 Å². The zero-order valence-electron chi connectivity index (χ0n) is 12.2. The van der Waals surface area contributed by atoms with Crippen LogP contribution in [0.2, 0.25) is 0 Å². The van der Waals surface area contributed by atoms with Gasteiger partial charge in [0.2, 0.25) is 10.0 Å². The maximum absolute atomic E-state index is 12.9. The van der Waals surface area contributed by atoms with Gasteiger partial charge in [0, 0.05) is 12.6 Å². The molecule has 1 aliphatic rings.